The average Bonchev–Trinajstić information content (AvgIpc) is 3.48. The molecular weight excluding hydrogens is 551 g/mol. The van der Waals surface area contributed by atoms with E-state index in [0.717, 1.165) is 36.9 Å². The quantitative estimate of drug-likeness (QED) is 0.309. The molecule has 1 saturated heterocycles. The number of anilines is 1. The van der Waals surface area contributed by atoms with Gasteiger partial charge in [0.1, 0.15) is 6.10 Å². The molecule has 2 amide bonds. The van der Waals surface area contributed by atoms with Crippen LogP contribution in [0.2, 0.25) is 0 Å². The number of nitrogens with zero attached hydrogens (tertiary/aromatic N) is 3. The van der Waals surface area contributed by atoms with E-state index in [9.17, 15) is 14.0 Å². The summed E-state index contributed by atoms with van der Waals surface area (Å²) >= 11 is 0. The largest absolute Gasteiger partial charge is 0.494 e. The Labute approximate surface area is 252 Å². The molecule has 10 nitrogen and oxygen atoms in total. The van der Waals surface area contributed by atoms with E-state index < -0.39 is 11.9 Å². The van der Waals surface area contributed by atoms with Crippen molar-refractivity contribution >= 4 is 17.7 Å². The van der Waals surface area contributed by atoms with Gasteiger partial charge in [0.2, 0.25) is 0 Å². The van der Waals surface area contributed by atoms with Crippen LogP contribution in [0, 0.1) is 5.82 Å². The van der Waals surface area contributed by atoms with E-state index in [1.54, 1.807) is 24.5 Å². The molecule has 2 aromatic carbocycles. The highest BCUT2D eigenvalue weighted by atomic mass is 19.1. The Hall–Kier alpha value is -4.12. The monoisotopic (exact) mass is 592 g/mol. The van der Waals surface area contributed by atoms with Crippen LogP contribution in [-0.2, 0) is 4.74 Å². The van der Waals surface area contributed by atoms with Crippen LogP contribution in [0.25, 0.3) is 11.3 Å². The van der Waals surface area contributed by atoms with Crippen molar-refractivity contribution in [2.75, 3.05) is 45.2 Å². The number of aromatic nitrogens is 2. The molecule has 1 aromatic heterocycles. The molecule has 5 rings (SSSR count). The SMILES string of the molecule is CCNC(=O)O[C@@H]1CCCC[C@H]1n1cnc(C(=O)N2CCNC[C@H]2CCNc2cccc(OC)c2F)c1-c1ccccc1. The minimum Gasteiger partial charge on any atom is -0.494 e. The van der Waals surface area contributed by atoms with Crippen LogP contribution in [0.4, 0.5) is 14.9 Å². The summed E-state index contributed by atoms with van der Waals surface area (Å²) in [7, 11) is 1.44. The third-order valence-corrected chi connectivity index (χ3v) is 8.24. The second kappa shape index (κ2) is 14.4. The molecule has 3 N–H and O–H groups in total. The zero-order chi connectivity index (χ0) is 30.2. The summed E-state index contributed by atoms with van der Waals surface area (Å²) in [5, 5.41) is 9.29. The predicted octanol–water partition coefficient (Wildman–Crippen LogP) is 4.84. The van der Waals surface area contributed by atoms with Crippen LogP contribution in [0.3, 0.4) is 0 Å². The third kappa shape index (κ3) is 6.93. The summed E-state index contributed by atoms with van der Waals surface area (Å²) in [5.41, 5.74) is 2.36. The van der Waals surface area contributed by atoms with Crippen LogP contribution in [0.5, 0.6) is 5.75 Å². The number of ether oxygens (including phenoxy) is 2. The van der Waals surface area contributed by atoms with Crippen molar-refractivity contribution in [1.82, 2.24) is 25.1 Å². The van der Waals surface area contributed by atoms with Crippen molar-refractivity contribution in [1.29, 1.82) is 0 Å². The number of nitrogens with one attached hydrogen (secondary N) is 3. The van der Waals surface area contributed by atoms with Gasteiger partial charge in [0, 0.05) is 44.3 Å². The fourth-order valence-corrected chi connectivity index (χ4v) is 6.11. The van der Waals surface area contributed by atoms with Crippen molar-refractivity contribution in [3.8, 4) is 17.0 Å². The van der Waals surface area contributed by atoms with Gasteiger partial charge in [-0.25, -0.2) is 14.2 Å². The average molecular weight is 593 g/mol. The molecule has 230 valence electrons. The van der Waals surface area contributed by atoms with Gasteiger partial charge in [0.15, 0.2) is 17.3 Å². The van der Waals surface area contributed by atoms with E-state index in [2.05, 4.69) is 16.0 Å². The van der Waals surface area contributed by atoms with E-state index >= 15 is 0 Å². The van der Waals surface area contributed by atoms with E-state index in [1.165, 1.54) is 7.11 Å². The minimum atomic E-state index is -0.435. The topological polar surface area (TPSA) is 110 Å². The van der Waals surface area contributed by atoms with Gasteiger partial charge in [-0.15, -0.1) is 0 Å². The number of carbonyl (C=O) groups excluding carboxylic acids is 2. The number of hydrogen-bond acceptors (Lipinski definition) is 7. The van der Waals surface area contributed by atoms with Crippen LogP contribution in [0.15, 0.2) is 54.9 Å². The van der Waals surface area contributed by atoms with Crippen LogP contribution in [0.1, 0.15) is 55.6 Å². The molecule has 43 heavy (non-hydrogen) atoms. The first-order chi connectivity index (χ1) is 21.0. The summed E-state index contributed by atoms with van der Waals surface area (Å²) in [4.78, 5) is 33.2. The Morgan fingerprint density at radius 2 is 1.93 bits per heavy atom. The fourth-order valence-electron chi connectivity index (χ4n) is 6.11. The van der Waals surface area contributed by atoms with Crippen LogP contribution < -0.4 is 20.7 Å². The zero-order valence-electron chi connectivity index (χ0n) is 24.9. The van der Waals surface area contributed by atoms with E-state index in [0.29, 0.717) is 50.5 Å². The number of amides is 2. The molecule has 3 atom stereocenters. The minimum absolute atomic E-state index is 0.111. The van der Waals surface area contributed by atoms with E-state index in [4.69, 9.17) is 14.5 Å². The lowest BCUT2D eigenvalue weighted by atomic mass is 9.91. The van der Waals surface area contributed by atoms with Crippen molar-refractivity contribution in [3.05, 3.63) is 66.4 Å². The number of carbonyl (C=O) groups is 2. The first kappa shape index (κ1) is 30.3. The lowest BCUT2D eigenvalue weighted by Crippen LogP contribution is -2.54. The van der Waals surface area contributed by atoms with Crippen molar-refractivity contribution in [2.24, 2.45) is 0 Å². The van der Waals surface area contributed by atoms with Crippen LogP contribution in [-0.4, -0.2) is 78.4 Å². The Balaban J connectivity index is 1.39. The molecule has 11 heteroatoms. The van der Waals surface area contributed by atoms with Crippen LogP contribution >= 0.6 is 0 Å². The normalized spacial score (nSPS) is 20.3. The van der Waals surface area contributed by atoms with Gasteiger partial charge in [-0.05, 0) is 44.7 Å². The van der Waals surface area contributed by atoms with Crippen molar-refractivity contribution in [2.45, 2.75) is 57.2 Å². The standard InChI is InChI=1S/C32H41FN6O4/c1-3-35-32(41)43-26-14-8-7-13-25(26)39-21-37-29(30(39)22-10-5-4-6-11-22)31(40)38-19-18-34-20-23(38)16-17-36-24-12-9-15-27(42-2)28(24)33/h4-6,9-12,15,21,23,25-26,34,36H,3,7-8,13-14,16-20H2,1-2H3,(H,35,41)/t23-,25-,26-/m1/s1. The third-order valence-electron chi connectivity index (χ3n) is 8.24. The number of rotatable bonds is 10. The van der Waals surface area contributed by atoms with E-state index in [-0.39, 0.29) is 29.8 Å². The number of benzene rings is 2. The zero-order valence-corrected chi connectivity index (χ0v) is 24.9. The second-order valence-corrected chi connectivity index (χ2v) is 10.9. The number of alkyl carbamates (subject to hydrolysis) is 1. The Morgan fingerprint density at radius 3 is 2.72 bits per heavy atom. The predicted molar refractivity (Wildman–Crippen MR) is 163 cm³/mol. The molecule has 3 aromatic rings. The molecule has 1 aliphatic heterocycles. The lowest BCUT2D eigenvalue weighted by molar-refractivity contribution is 0.0421. The highest BCUT2D eigenvalue weighted by Crippen LogP contribution is 2.36. The van der Waals surface area contributed by atoms with Crippen molar-refractivity contribution < 1.29 is 23.5 Å². The molecule has 0 unspecified atom stereocenters. The smallest absolute Gasteiger partial charge is 0.407 e. The molecule has 2 aliphatic rings. The Bertz CT molecular complexity index is 1380. The number of hydrogen-bond donors (Lipinski definition) is 3. The lowest BCUT2D eigenvalue weighted by Gasteiger charge is -2.36. The molecule has 2 heterocycles. The fraction of sp³-hybridized carbons (Fsp3) is 0.469. The summed E-state index contributed by atoms with van der Waals surface area (Å²) in [5.74, 6) is -0.398. The Kier molecular flexibility index (Phi) is 10.1. The summed E-state index contributed by atoms with van der Waals surface area (Å²) < 4.78 is 27.6. The first-order valence-corrected chi connectivity index (χ1v) is 15.2. The maximum Gasteiger partial charge on any atom is 0.407 e. The number of halogens is 1. The van der Waals surface area contributed by atoms with Gasteiger partial charge in [0.05, 0.1) is 30.9 Å². The first-order valence-electron chi connectivity index (χ1n) is 15.2. The number of imidazole rings is 1. The maximum absolute atomic E-state index is 14.7. The molecule has 0 bridgehead atoms. The molecule has 1 saturated carbocycles. The van der Waals surface area contributed by atoms with Gasteiger partial charge in [-0.3, -0.25) is 4.79 Å². The van der Waals surface area contributed by atoms with Gasteiger partial charge >= 0.3 is 6.09 Å². The number of piperazine rings is 1. The molecular formula is C32H41FN6O4. The highest BCUT2D eigenvalue weighted by Gasteiger charge is 2.35. The summed E-state index contributed by atoms with van der Waals surface area (Å²) in [6.07, 6.45) is 5.12. The molecule has 0 spiro atoms. The highest BCUT2D eigenvalue weighted by molar-refractivity contribution is 5.98. The molecule has 1 aliphatic carbocycles. The summed E-state index contributed by atoms with van der Waals surface area (Å²) in [6, 6.07) is 14.5. The second-order valence-electron chi connectivity index (χ2n) is 10.9. The van der Waals surface area contributed by atoms with E-state index in [1.807, 2.05) is 46.7 Å². The van der Waals surface area contributed by atoms with Gasteiger partial charge in [0.25, 0.3) is 5.91 Å². The van der Waals surface area contributed by atoms with Gasteiger partial charge < -0.3 is 34.9 Å². The molecule has 2 fully saturated rings. The molecule has 0 radical (unpaired) electrons. The van der Waals surface area contributed by atoms with Gasteiger partial charge in [-0.2, -0.15) is 0 Å². The maximum atomic E-state index is 14.7. The van der Waals surface area contributed by atoms with Gasteiger partial charge in [-0.1, -0.05) is 42.8 Å². The van der Waals surface area contributed by atoms with Crippen molar-refractivity contribution in [3.63, 3.8) is 0 Å². The Morgan fingerprint density at radius 1 is 1.12 bits per heavy atom. The number of methoxy groups -OCH3 is 1. The summed E-state index contributed by atoms with van der Waals surface area (Å²) in [6.45, 7) is 4.65.